The van der Waals surface area contributed by atoms with Gasteiger partial charge in [0.2, 0.25) is 0 Å². The minimum Gasteiger partial charge on any atom is -0.356 e. The molecule has 2 aliphatic heterocycles. The SMILES string of the molecule is Cc1ccc([C@H]2N(c3ccccc3C(C)(C)C)C(=O)[C@]23CC(=O)CC(C)(C)O3)cc1. The summed E-state index contributed by atoms with van der Waals surface area (Å²) in [5.74, 6) is -0.0358. The molecule has 158 valence electrons. The lowest BCUT2D eigenvalue weighted by atomic mass is 9.70. The number of Topliss-reactive ketones (excluding diaryl/α,β-unsaturated/α-hetero) is 1. The third-order valence-corrected chi connectivity index (χ3v) is 6.19. The fourth-order valence-electron chi connectivity index (χ4n) is 4.98. The van der Waals surface area contributed by atoms with E-state index in [0.29, 0.717) is 6.42 Å². The maximum atomic E-state index is 13.8. The number of nitrogens with zero attached hydrogens (tertiary/aromatic N) is 1. The lowest BCUT2D eigenvalue weighted by Crippen LogP contribution is -2.74. The average Bonchev–Trinajstić information content (AvgIpc) is 2.64. The van der Waals surface area contributed by atoms with Crippen LogP contribution in [0.5, 0.6) is 0 Å². The van der Waals surface area contributed by atoms with E-state index in [0.717, 1.165) is 22.4 Å². The topological polar surface area (TPSA) is 46.6 Å². The molecule has 2 aliphatic rings. The Bertz CT molecular complexity index is 1000. The van der Waals surface area contributed by atoms with E-state index in [4.69, 9.17) is 4.74 Å². The van der Waals surface area contributed by atoms with Crippen LogP contribution in [-0.2, 0) is 19.7 Å². The number of amides is 1. The van der Waals surface area contributed by atoms with E-state index in [1.807, 2.05) is 43.9 Å². The van der Waals surface area contributed by atoms with Crippen LogP contribution in [0.25, 0.3) is 0 Å². The normalized spacial score (nSPS) is 26.1. The molecule has 4 rings (SSSR count). The summed E-state index contributed by atoms with van der Waals surface area (Å²) in [6, 6.07) is 15.9. The summed E-state index contributed by atoms with van der Waals surface area (Å²) in [6.07, 6.45) is 0.462. The predicted octanol–water partition coefficient (Wildman–Crippen LogP) is 5.28. The molecule has 2 atom stereocenters. The monoisotopic (exact) mass is 405 g/mol. The van der Waals surface area contributed by atoms with Crippen molar-refractivity contribution in [2.45, 2.75) is 77.0 Å². The average molecular weight is 406 g/mol. The van der Waals surface area contributed by atoms with Crippen LogP contribution < -0.4 is 4.90 Å². The van der Waals surface area contributed by atoms with E-state index in [2.05, 4.69) is 51.1 Å². The minimum absolute atomic E-state index is 0.0838. The second-order valence-electron chi connectivity index (χ2n) is 10.4. The Labute approximate surface area is 179 Å². The van der Waals surface area contributed by atoms with E-state index >= 15 is 0 Å². The van der Waals surface area contributed by atoms with Gasteiger partial charge in [0.25, 0.3) is 5.91 Å². The van der Waals surface area contributed by atoms with Crippen LogP contribution in [0, 0.1) is 6.92 Å². The van der Waals surface area contributed by atoms with Crippen molar-refractivity contribution in [3.05, 3.63) is 65.2 Å². The van der Waals surface area contributed by atoms with Crippen LogP contribution in [-0.4, -0.2) is 22.9 Å². The zero-order chi connectivity index (χ0) is 21.9. The van der Waals surface area contributed by atoms with Crippen LogP contribution in [0.15, 0.2) is 48.5 Å². The fourth-order valence-corrected chi connectivity index (χ4v) is 4.98. The standard InChI is InChI=1S/C26H31NO3/c1-17-11-13-18(14-12-17)22-26(16-19(28)15-25(5,6)30-26)23(29)27(22)21-10-8-7-9-20(21)24(2,3)4/h7-14,22H,15-16H2,1-6H3/t22-,26+/m1/s1. The van der Waals surface area contributed by atoms with Gasteiger partial charge in [-0.1, -0.05) is 68.8 Å². The molecule has 1 spiro atoms. The molecule has 2 aromatic carbocycles. The number of aryl methyl sites for hydroxylation is 1. The van der Waals surface area contributed by atoms with Crippen LogP contribution in [0.3, 0.4) is 0 Å². The molecular weight excluding hydrogens is 374 g/mol. The molecule has 0 aliphatic carbocycles. The number of rotatable bonds is 2. The highest BCUT2D eigenvalue weighted by atomic mass is 16.5. The van der Waals surface area contributed by atoms with Crippen molar-refractivity contribution >= 4 is 17.4 Å². The van der Waals surface area contributed by atoms with Crippen molar-refractivity contribution < 1.29 is 14.3 Å². The third-order valence-electron chi connectivity index (χ3n) is 6.19. The predicted molar refractivity (Wildman–Crippen MR) is 119 cm³/mol. The van der Waals surface area contributed by atoms with Gasteiger partial charge < -0.3 is 4.74 Å². The Morgan fingerprint density at radius 3 is 2.20 bits per heavy atom. The summed E-state index contributed by atoms with van der Waals surface area (Å²) in [6.45, 7) is 12.3. The minimum atomic E-state index is -1.14. The smallest absolute Gasteiger partial charge is 0.262 e. The zero-order valence-electron chi connectivity index (χ0n) is 18.8. The Hall–Kier alpha value is -2.46. The fraction of sp³-hybridized carbons (Fsp3) is 0.462. The van der Waals surface area contributed by atoms with Crippen LogP contribution >= 0.6 is 0 Å². The van der Waals surface area contributed by atoms with Gasteiger partial charge >= 0.3 is 0 Å². The molecule has 2 heterocycles. The molecule has 4 heteroatoms. The molecule has 0 aromatic heterocycles. The molecule has 0 radical (unpaired) electrons. The highest BCUT2D eigenvalue weighted by Gasteiger charge is 2.67. The lowest BCUT2D eigenvalue weighted by molar-refractivity contribution is -0.210. The number of hydrogen-bond donors (Lipinski definition) is 0. The molecule has 30 heavy (non-hydrogen) atoms. The van der Waals surface area contributed by atoms with Gasteiger partial charge in [-0.2, -0.15) is 0 Å². The number of hydrogen-bond acceptors (Lipinski definition) is 3. The van der Waals surface area contributed by atoms with E-state index < -0.39 is 11.2 Å². The number of para-hydroxylation sites is 1. The Morgan fingerprint density at radius 1 is 0.967 bits per heavy atom. The first-order chi connectivity index (χ1) is 13.9. The largest absolute Gasteiger partial charge is 0.356 e. The summed E-state index contributed by atoms with van der Waals surface area (Å²) in [5.41, 5.74) is 2.22. The van der Waals surface area contributed by atoms with Crippen molar-refractivity contribution in [2.75, 3.05) is 4.90 Å². The van der Waals surface area contributed by atoms with E-state index in [1.165, 1.54) is 0 Å². The van der Waals surface area contributed by atoms with E-state index in [1.54, 1.807) is 0 Å². The third kappa shape index (κ3) is 3.27. The van der Waals surface area contributed by atoms with Crippen LogP contribution in [0.2, 0.25) is 0 Å². The molecular formula is C26H31NO3. The molecule has 4 nitrogen and oxygen atoms in total. The molecule has 0 bridgehead atoms. The lowest BCUT2D eigenvalue weighted by Gasteiger charge is -2.59. The number of carbonyl (C=O) groups excluding carboxylic acids is 2. The van der Waals surface area contributed by atoms with Crippen molar-refractivity contribution in [1.29, 1.82) is 0 Å². The number of carbonyl (C=O) groups is 2. The van der Waals surface area contributed by atoms with E-state index in [-0.39, 0.29) is 29.6 Å². The molecule has 2 aromatic rings. The molecule has 2 saturated heterocycles. The molecule has 1 amide bonds. The highest BCUT2D eigenvalue weighted by Crippen LogP contribution is 2.55. The van der Waals surface area contributed by atoms with Crippen LogP contribution in [0.1, 0.15) is 70.2 Å². The van der Waals surface area contributed by atoms with Crippen molar-refractivity contribution in [3.63, 3.8) is 0 Å². The van der Waals surface area contributed by atoms with Gasteiger partial charge in [0.05, 0.1) is 5.60 Å². The van der Waals surface area contributed by atoms with Gasteiger partial charge in [-0.05, 0) is 43.4 Å². The van der Waals surface area contributed by atoms with E-state index in [9.17, 15) is 9.59 Å². The maximum Gasteiger partial charge on any atom is 0.262 e. The number of anilines is 1. The van der Waals surface area contributed by atoms with Gasteiger partial charge in [-0.25, -0.2) is 0 Å². The number of benzene rings is 2. The second-order valence-corrected chi connectivity index (χ2v) is 10.4. The Balaban J connectivity index is 1.88. The second kappa shape index (κ2) is 6.78. The highest BCUT2D eigenvalue weighted by molar-refractivity contribution is 6.11. The van der Waals surface area contributed by atoms with Crippen molar-refractivity contribution in [1.82, 2.24) is 0 Å². The van der Waals surface area contributed by atoms with Crippen LogP contribution in [0.4, 0.5) is 5.69 Å². The molecule has 0 N–H and O–H groups in total. The first kappa shape index (κ1) is 20.8. The number of β-lactam (4-membered cyclic amide) rings is 1. The molecule has 2 fully saturated rings. The summed E-state index contributed by atoms with van der Waals surface area (Å²) in [5, 5.41) is 0. The first-order valence-corrected chi connectivity index (χ1v) is 10.7. The number of ether oxygens (including phenoxy) is 1. The van der Waals surface area contributed by atoms with Gasteiger partial charge in [-0.3, -0.25) is 14.5 Å². The summed E-state index contributed by atoms with van der Waals surface area (Å²) >= 11 is 0. The Morgan fingerprint density at radius 2 is 1.60 bits per heavy atom. The van der Waals surface area contributed by atoms with Crippen molar-refractivity contribution in [3.8, 4) is 0 Å². The molecule has 0 saturated carbocycles. The first-order valence-electron chi connectivity index (χ1n) is 10.7. The summed E-state index contributed by atoms with van der Waals surface area (Å²) < 4.78 is 6.44. The van der Waals surface area contributed by atoms with Crippen molar-refractivity contribution in [2.24, 2.45) is 0 Å². The van der Waals surface area contributed by atoms with Gasteiger partial charge in [0, 0.05) is 18.5 Å². The number of ketones is 1. The molecule has 0 unspecified atom stereocenters. The maximum absolute atomic E-state index is 13.8. The van der Waals surface area contributed by atoms with Gasteiger partial charge in [0.1, 0.15) is 11.8 Å². The quantitative estimate of drug-likeness (QED) is 0.639. The van der Waals surface area contributed by atoms with Gasteiger partial charge in [-0.15, -0.1) is 0 Å². The zero-order valence-corrected chi connectivity index (χ0v) is 18.8. The Kier molecular flexibility index (Phi) is 4.70. The van der Waals surface area contributed by atoms with Gasteiger partial charge in [0.15, 0.2) is 5.60 Å². The summed E-state index contributed by atoms with van der Waals surface area (Å²) in [7, 11) is 0. The summed E-state index contributed by atoms with van der Waals surface area (Å²) in [4.78, 5) is 28.3.